The number of hydrogen-bond acceptors (Lipinski definition) is 5. The van der Waals surface area contributed by atoms with Gasteiger partial charge in [0.05, 0.1) is 25.1 Å². The van der Waals surface area contributed by atoms with E-state index in [1.54, 1.807) is 6.20 Å². The number of pyridine rings is 2. The number of ether oxygens (including phenoxy) is 1. The second kappa shape index (κ2) is 6.34. The van der Waals surface area contributed by atoms with E-state index in [4.69, 9.17) is 4.74 Å². The predicted octanol–water partition coefficient (Wildman–Crippen LogP) is 1.93. The third-order valence-electron chi connectivity index (χ3n) is 3.30. The Morgan fingerprint density at radius 3 is 2.75 bits per heavy atom. The van der Waals surface area contributed by atoms with Crippen molar-refractivity contribution in [3.05, 3.63) is 48.4 Å². The van der Waals surface area contributed by atoms with Crippen LogP contribution >= 0.6 is 0 Å². The molecule has 0 amide bonds. The molecule has 3 rings (SSSR count). The summed E-state index contributed by atoms with van der Waals surface area (Å²) in [7, 11) is 0. The molecule has 0 bridgehead atoms. The fourth-order valence-corrected chi connectivity index (χ4v) is 2.18. The van der Waals surface area contributed by atoms with Gasteiger partial charge in [0.15, 0.2) is 0 Å². The zero-order chi connectivity index (χ0) is 13.6. The monoisotopic (exact) mass is 270 g/mol. The molecule has 5 nitrogen and oxygen atoms in total. The van der Waals surface area contributed by atoms with Crippen molar-refractivity contribution in [3.63, 3.8) is 0 Å². The number of nitrogens with one attached hydrogen (secondary N) is 1. The highest BCUT2D eigenvalue weighted by molar-refractivity contribution is 5.49. The van der Waals surface area contributed by atoms with E-state index >= 15 is 0 Å². The quantitative estimate of drug-likeness (QED) is 0.920. The fraction of sp³-hybridized carbons (Fsp3) is 0.333. The van der Waals surface area contributed by atoms with E-state index in [0.29, 0.717) is 0 Å². The minimum Gasteiger partial charge on any atom is -0.380 e. The highest BCUT2D eigenvalue weighted by Gasteiger charge is 2.11. The SMILES string of the molecule is c1cncc(CNc2ccc(N3CCOCC3)nc2)c1. The van der Waals surface area contributed by atoms with Crippen LogP contribution in [0.2, 0.25) is 0 Å². The summed E-state index contributed by atoms with van der Waals surface area (Å²) in [6.45, 7) is 4.14. The fourth-order valence-electron chi connectivity index (χ4n) is 2.18. The zero-order valence-electron chi connectivity index (χ0n) is 11.3. The van der Waals surface area contributed by atoms with Crippen molar-refractivity contribution in [1.29, 1.82) is 0 Å². The van der Waals surface area contributed by atoms with Gasteiger partial charge in [0.25, 0.3) is 0 Å². The predicted molar refractivity (Wildman–Crippen MR) is 78.8 cm³/mol. The van der Waals surface area contributed by atoms with E-state index in [9.17, 15) is 0 Å². The number of rotatable bonds is 4. The average molecular weight is 270 g/mol. The second-order valence-electron chi connectivity index (χ2n) is 4.72. The van der Waals surface area contributed by atoms with Crippen LogP contribution in [-0.2, 0) is 11.3 Å². The normalized spacial score (nSPS) is 15.1. The second-order valence-corrected chi connectivity index (χ2v) is 4.72. The van der Waals surface area contributed by atoms with Crippen molar-refractivity contribution in [2.45, 2.75) is 6.54 Å². The molecule has 3 heterocycles. The molecule has 1 N–H and O–H groups in total. The van der Waals surface area contributed by atoms with Crippen LogP contribution in [0, 0.1) is 0 Å². The molecule has 0 radical (unpaired) electrons. The molecule has 0 atom stereocenters. The summed E-state index contributed by atoms with van der Waals surface area (Å²) in [4.78, 5) is 10.8. The molecule has 0 spiro atoms. The van der Waals surface area contributed by atoms with Crippen LogP contribution in [-0.4, -0.2) is 36.3 Å². The minimum atomic E-state index is 0.756. The lowest BCUT2D eigenvalue weighted by Gasteiger charge is -2.27. The molecule has 104 valence electrons. The Balaban J connectivity index is 1.58. The molecule has 0 unspecified atom stereocenters. The van der Waals surface area contributed by atoms with Crippen LogP contribution in [0.4, 0.5) is 11.5 Å². The minimum absolute atomic E-state index is 0.756. The van der Waals surface area contributed by atoms with Gasteiger partial charge in [0.1, 0.15) is 5.82 Å². The van der Waals surface area contributed by atoms with Crippen LogP contribution in [0.25, 0.3) is 0 Å². The molecule has 1 aliphatic heterocycles. The van der Waals surface area contributed by atoms with Gasteiger partial charge in [-0.3, -0.25) is 4.98 Å². The van der Waals surface area contributed by atoms with Crippen LogP contribution in [0.3, 0.4) is 0 Å². The number of anilines is 2. The molecule has 0 aromatic carbocycles. The van der Waals surface area contributed by atoms with E-state index in [1.807, 2.05) is 18.5 Å². The van der Waals surface area contributed by atoms with Gasteiger partial charge in [-0.15, -0.1) is 0 Å². The summed E-state index contributed by atoms with van der Waals surface area (Å²) in [5.74, 6) is 1.01. The van der Waals surface area contributed by atoms with Gasteiger partial charge < -0.3 is 15.0 Å². The highest BCUT2D eigenvalue weighted by Crippen LogP contribution is 2.15. The third kappa shape index (κ3) is 3.24. The lowest BCUT2D eigenvalue weighted by Crippen LogP contribution is -2.36. The molecular formula is C15H18N4O. The molecule has 1 saturated heterocycles. The molecular weight excluding hydrogens is 252 g/mol. The molecule has 2 aromatic rings. The first-order valence-corrected chi connectivity index (χ1v) is 6.83. The van der Waals surface area contributed by atoms with E-state index in [0.717, 1.165) is 49.9 Å². The van der Waals surface area contributed by atoms with Crippen LogP contribution in [0.15, 0.2) is 42.9 Å². The molecule has 1 fully saturated rings. The summed E-state index contributed by atoms with van der Waals surface area (Å²) in [6.07, 6.45) is 5.52. The Bertz CT molecular complexity index is 523. The van der Waals surface area contributed by atoms with Crippen molar-refractivity contribution in [1.82, 2.24) is 9.97 Å². The summed E-state index contributed by atoms with van der Waals surface area (Å²) in [5.41, 5.74) is 2.18. The van der Waals surface area contributed by atoms with Gasteiger partial charge in [-0.25, -0.2) is 4.98 Å². The Morgan fingerprint density at radius 2 is 2.05 bits per heavy atom. The summed E-state index contributed by atoms with van der Waals surface area (Å²) in [6, 6.07) is 8.11. The van der Waals surface area contributed by atoms with Crippen molar-refractivity contribution in [2.24, 2.45) is 0 Å². The third-order valence-corrected chi connectivity index (χ3v) is 3.30. The largest absolute Gasteiger partial charge is 0.380 e. The summed E-state index contributed by atoms with van der Waals surface area (Å²) >= 11 is 0. The first-order chi connectivity index (χ1) is 9.92. The van der Waals surface area contributed by atoms with E-state index in [1.165, 1.54) is 0 Å². The van der Waals surface area contributed by atoms with Crippen molar-refractivity contribution < 1.29 is 4.74 Å². The number of aromatic nitrogens is 2. The Hall–Kier alpha value is -2.14. The lowest BCUT2D eigenvalue weighted by molar-refractivity contribution is 0.122. The number of morpholine rings is 1. The van der Waals surface area contributed by atoms with E-state index in [2.05, 4.69) is 38.4 Å². The molecule has 0 saturated carbocycles. The Kier molecular flexibility index (Phi) is 4.08. The first kappa shape index (κ1) is 12.9. The molecule has 5 heteroatoms. The maximum atomic E-state index is 5.34. The zero-order valence-corrected chi connectivity index (χ0v) is 11.3. The highest BCUT2D eigenvalue weighted by atomic mass is 16.5. The van der Waals surface area contributed by atoms with Crippen molar-refractivity contribution in [3.8, 4) is 0 Å². The topological polar surface area (TPSA) is 50.3 Å². The number of nitrogens with zero attached hydrogens (tertiary/aromatic N) is 3. The summed E-state index contributed by atoms with van der Waals surface area (Å²) in [5, 5.41) is 3.35. The van der Waals surface area contributed by atoms with Gasteiger partial charge >= 0.3 is 0 Å². The first-order valence-electron chi connectivity index (χ1n) is 6.83. The van der Waals surface area contributed by atoms with Gasteiger partial charge in [-0.2, -0.15) is 0 Å². The van der Waals surface area contributed by atoms with Crippen molar-refractivity contribution in [2.75, 3.05) is 36.5 Å². The van der Waals surface area contributed by atoms with Crippen LogP contribution < -0.4 is 10.2 Å². The van der Waals surface area contributed by atoms with Gasteiger partial charge in [0.2, 0.25) is 0 Å². The standard InChI is InChI=1S/C15H18N4O/c1-2-13(10-16-5-1)11-17-14-3-4-15(18-12-14)19-6-8-20-9-7-19/h1-5,10,12,17H,6-9,11H2. The Labute approximate surface area is 118 Å². The average Bonchev–Trinajstić information content (AvgIpc) is 2.55. The van der Waals surface area contributed by atoms with Crippen LogP contribution in [0.1, 0.15) is 5.56 Å². The molecule has 20 heavy (non-hydrogen) atoms. The van der Waals surface area contributed by atoms with E-state index < -0.39 is 0 Å². The smallest absolute Gasteiger partial charge is 0.128 e. The van der Waals surface area contributed by atoms with Crippen LogP contribution in [0.5, 0.6) is 0 Å². The van der Waals surface area contributed by atoms with Gasteiger partial charge in [-0.05, 0) is 23.8 Å². The lowest BCUT2D eigenvalue weighted by atomic mass is 10.3. The summed E-state index contributed by atoms with van der Waals surface area (Å²) < 4.78 is 5.34. The van der Waals surface area contributed by atoms with E-state index in [-0.39, 0.29) is 0 Å². The molecule has 1 aliphatic rings. The maximum absolute atomic E-state index is 5.34. The Morgan fingerprint density at radius 1 is 1.15 bits per heavy atom. The number of hydrogen-bond donors (Lipinski definition) is 1. The maximum Gasteiger partial charge on any atom is 0.128 e. The van der Waals surface area contributed by atoms with Gasteiger partial charge in [-0.1, -0.05) is 6.07 Å². The van der Waals surface area contributed by atoms with Crippen molar-refractivity contribution >= 4 is 11.5 Å². The molecule has 2 aromatic heterocycles. The van der Waals surface area contributed by atoms with Gasteiger partial charge in [0, 0.05) is 32.0 Å². The molecule has 0 aliphatic carbocycles.